The van der Waals surface area contributed by atoms with E-state index in [0.717, 1.165) is 0 Å². The molecule has 0 aliphatic carbocycles. The Morgan fingerprint density at radius 1 is 1.46 bits per heavy atom. The lowest BCUT2D eigenvalue weighted by molar-refractivity contribution is -0.780. The van der Waals surface area contributed by atoms with Crippen LogP contribution >= 0.6 is 15.9 Å². The molecule has 0 aliphatic rings. The fraction of sp³-hybridized carbons (Fsp3) is 1.00. The molecular formula is C6H12BrNO5. The van der Waals surface area contributed by atoms with Gasteiger partial charge in [-0.05, 0) is 13.8 Å². The third-order valence-corrected chi connectivity index (χ3v) is 1.37. The lowest BCUT2D eigenvalue weighted by Crippen LogP contribution is -2.24. The predicted molar refractivity (Wildman–Crippen MR) is 47.8 cm³/mol. The molecule has 0 aromatic rings. The van der Waals surface area contributed by atoms with E-state index < -0.39 is 17.7 Å². The van der Waals surface area contributed by atoms with Crippen molar-refractivity contribution in [2.75, 3.05) is 11.9 Å². The summed E-state index contributed by atoms with van der Waals surface area (Å²) in [6.07, 6.45) is -1.44. The number of halogens is 1. The quantitative estimate of drug-likeness (QED) is 0.298. The van der Waals surface area contributed by atoms with E-state index >= 15 is 0 Å². The van der Waals surface area contributed by atoms with Gasteiger partial charge in [-0.3, -0.25) is 4.84 Å². The standard InChI is InChI=1S/C6H12BrNO5/c1-5(11-4-3-7)12-6(2)13-8(9)10/h5-6H,3-4H2,1-2H3. The number of ether oxygens (including phenoxy) is 2. The van der Waals surface area contributed by atoms with Gasteiger partial charge in [0.15, 0.2) is 6.29 Å². The Bertz CT molecular complexity index is 156. The van der Waals surface area contributed by atoms with E-state index in [1.807, 2.05) is 0 Å². The molecule has 0 heterocycles. The predicted octanol–water partition coefficient (Wildman–Crippen LogP) is 1.31. The number of hydrogen-bond acceptors (Lipinski definition) is 5. The molecule has 0 bridgehead atoms. The maximum absolute atomic E-state index is 9.86. The van der Waals surface area contributed by atoms with Crippen LogP contribution in [0.15, 0.2) is 0 Å². The first kappa shape index (κ1) is 12.6. The fourth-order valence-corrected chi connectivity index (χ4v) is 0.853. The molecule has 0 saturated carbocycles. The number of hydrogen-bond donors (Lipinski definition) is 0. The summed E-state index contributed by atoms with van der Waals surface area (Å²) >= 11 is 3.16. The molecule has 6 nitrogen and oxygen atoms in total. The second kappa shape index (κ2) is 7.05. The highest BCUT2D eigenvalue weighted by Crippen LogP contribution is 2.01. The molecule has 2 atom stereocenters. The third-order valence-electron chi connectivity index (χ3n) is 1.05. The van der Waals surface area contributed by atoms with Crippen LogP contribution in [0.3, 0.4) is 0 Å². The van der Waals surface area contributed by atoms with Crippen molar-refractivity contribution in [3.63, 3.8) is 0 Å². The largest absolute Gasteiger partial charge is 0.352 e. The zero-order valence-corrected chi connectivity index (χ0v) is 9.02. The first-order valence-electron chi connectivity index (χ1n) is 3.70. The van der Waals surface area contributed by atoms with E-state index in [1.54, 1.807) is 6.92 Å². The van der Waals surface area contributed by atoms with E-state index in [1.165, 1.54) is 6.92 Å². The number of nitrogens with zero attached hydrogens (tertiary/aromatic N) is 1. The van der Waals surface area contributed by atoms with E-state index in [-0.39, 0.29) is 0 Å². The van der Waals surface area contributed by atoms with Crippen LogP contribution in [0.1, 0.15) is 13.8 Å². The molecule has 78 valence electrons. The Kier molecular flexibility index (Phi) is 6.83. The third kappa shape index (κ3) is 7.94. The minimum Gasteiger partial charge on any atom is -0.352 e. The van der Waals surface area contributed by atoms with Gasteiger partial charge in [0.25, 0.3) is 5.09 Å². The number of alkyl halides is 1. The molecule has 0 spiro atoms. The zero-order chi connectivity index (χ0) is 10.3. The average Bonchev–Trinajstić information content (AvgIpc) is 1.98. The SMILES string of the molecule is CC(OCCBr)OC(C)O[N+](=O)[O-]. The van der Waals surface area contributed by atoms with Crippen molar-refractivity contribution in [1.82, 2.24) is 0 Å². The lowest BCUT2D eigenvalue weighted by Gasteiger charge is -2.17. The van der Waals surface area contributed by atoms with Crippen LogP contribution < -0.4 is 0 Å². The van der Waals surface area contributed by atoms with Gasteiger partial charge in [-0.15, -0.1) is 10.1 Å². The van der Waals surface area contributed by atoms with Crippen molar-refractivity contribution in [2.24, 2.45) is 0 Å². The van der Waals surface area contributed by atoms with Gasteiger partial charge in [0.2, 0.25) is 6.29 Å². The number of rotatable bonds is 7. The van der Waals surface area contributed by atoms with Gasteiger partial charge >= 0.3 is 0 Å². The first-order valence-corrected chi connectivity index (χ1v) is 4.82. The van der Waals surface area contributed by atoms with Gasteiger partial charge in [0.1, 0.15) is 0 Å². The summed E-state index contributed by atoms with van der Waals surface area (Å²) in [5.41, 5.74) is 0. The van der Waals surface area contributed by atoms with Crippen LogP contribution in [-0.4, -0.2) is 29.6 Å². The second-order valence-electron chi connectivity index (χ2n) is 2.16. The molecule has 0 aromatic carbocycles. The molecule has 7 heteroatoms. The van der Waals surface area contributed by atoms with Crippen molar-refractivity contribution < 1.29 is 19.4 Å². The summed E-state index contributed by atoms with van der Waals surface area (Å²) < 4.78 is 10.0. The molecule has 2 unspecified atom stereocenters. The highest BCUT2D eigenvalue weighted by Gasteiger charge is 2.11. The summed E-state index contributed by atoms with van der Waals surface area (Å²) in [4.78, 5) is 14.0. The van der Waals surface area contributed by atoms with Crippen LogP contribution in [0, 0.1) is 10.1 Å². The maximum Gasteiger partial charge on any atom is 0.297 e. The van der Waals surface area contributed by atoms with Gasteiger partial charge in [0.05, 0.1) is 6.61 Å². The van der Waals surface area contributed by atoms with Crippen LogP contribution in [0.4, 0.5) is 0 Å². The summed E-state index contributed by atoms with van der Waals surface area (Å²) in [6, 6.07) is 0. The van der Waals surface area contributed by atoms with E-state index in [4.69, 9.17) is 9.47 Å². The van der Waals surface area contributed by atoms with Gasteiger partial charge in [0, 0.05) is 5.33 Å². The highest BCUT2D eigenvalue weighted by atomic mass is 79.9. The smallest absolute Gasteiger partial charge is 0.297 e. The maximum atomic E-state index is 9.86. The monoisotopic (exact) mass is 257 g/mol. The van der Waals surface area contributed by atoms with Crippen molar-refractivity contribution in [1.29, 1.82) is 0 Å². The van der Waals surface area contributed by atoms with Crippen molar-refractivity contribution >= 4 is 15.9 Å². The van der Waals surface area contributed by atoms with Crippen LogP contribution in [0.2, 0.25) is 0 Å². The summed E-state index contributed by atoms with van der Waals surface area (Å²) in [5, 5.41) is 9.65. The first-order chi connectivity index (χ1) is 6.06. The molecule has 0 aliphatic heterocycles. The topological polar surface area (TPSA) is 70.8 Å². The Morgan fingerprint density at radius 3 is 2.54 bits per heavy atom. The molecule has 0 N–H and O–H groups in total. The normalized spacial score (nSPS) is 15.0. The van der Waals surface area contributed by atoms with Crippen molar-refractivity contribution in [2.45, 2.75) is 26.4 Å². The molecule has 0 aromatic heterocycles. The Balaban J connectivity index is 3.52. The molecule has 13 heavy (non-hydrogen) atoms. The lowest BCUT2D eigenvalue weighted by atomic mass is 10.7. The van der Waals surface area contributed by atoms with Crippen molar-refractivity contribution in [3.05, 3.63) is 10.1 Å². The fourth-order valence-electron chi connectivity index (χ4n) is 0.666. The summed E-state index contributed by atoms with van der Waals surface area (Å²) in [5.74, 6) is 0. The molecule has 0 saturated heterocycles. The molecule has 0 radical (unpaired) electrons. The second-order valence-corrected chi connectivity index (χ2v) is 2.95. The molecule has 0 amide bonds. The average molecular weight is 258 g/mol. The van der Waals surface area contributed by atoms with E-state index in [2.05, 4.69) is 20.8 Å². The highest BCUT2D eigenvalue weighted by molar-refractivity contribution is 9.09. The van der Waals surface area contributed by atoms with Crippen LogP contribution in [-0.2, 0) is 14.3 Å². The Morgan fingerprint density at radius 2 is 2.08 bits per heavy atom. The minimum absolute atomic E-state index is 0.479. The molecule has 0 fully saturated rings. The van der Waals surface area contributed by atoms with Gasteiger partial charge in [-0.25, -0.2) is 0 Å². The van der Waals surface area contributed by atoms with Gasteiger partial charge in [-0.2, -0.15) is 0 Å². The van der Waals surface area contributed by atoms with Gasteiger partial charge in [-0.1, -0.05) is 15.9 Å². The molecular weight excluding hydrogens is 246 g/mol. The van der Waals surface area contributed by atoms with E-state index in [9.17, 15) is 10.1 Å². The Hall–Kier alpha value is -0.400. The Labute approximate surface area is 84.4 Å². The van der Waals surface area contributed by atoms with Crippen LogP contribution in [0.25, 0.3) is 0 Å². The minimum atomic E-state index is -0.916. The molecule has 0 rings (SSSR count). The summed E-state index contributed by atoms with van der Waals surface area (Å²) in [7, 11) is 0. The van der Waals surface area contributed by atoms with E-state index in [0.29, 0.717) is 11.9 Å². The van der Waals surface area contributed by atoms with Crippen LogP contribution in [0.5, 0.6) is 0 Å². The summed E-state index contributed by atoms with van der Waals surface area (Å²) in [6.45, 7) is 3.55. The van der Waals surface area contributed by atoms with Gasteiger partial charge < -0.3 is 9.47 Å². The van der Waals surface area contributed by atoms with Crippen molar-refractivity contribution in [3.8, 4) is 0 Å². The zero-order valence-electron chi connectivity index (χ0n) is 7.44.